The molecule has 1 aliphatic heterocycles. The highest BCUT2D eigenvalue weighted by Gasteiger charge is 2.21. The third-order valence-corrected chi connectivity index (χ3v) is 4.29. The van der Waals surface area contributed by atoms with Crippen LogP contribution in [0.5, 0.6) is 0 Å². The molecule has 6 nitrogen and oxygen atoms in total. The van der Waals surface area contributed by atoms with Crippen LogP contribution in [0.25, 0.3) is 0 Å². The summed E-state index contributed by atoms with van der Waals surface area (Å²) in [6.45, 7) is 3.05. The van der Waals surface area contributed by atoms with Crippen LogP contribution in [-0.4, -0.2) is 42.1 Å². The first-order valence-electron chi connectivity index (χ1n) is 8.71. The van der Waals surface area contributed by atoms with E-state index in [9.17, 15) is 4.79 Å². The van der Waals surface area contributed by atoms with Crippen molar-refractivity contribution in [3.8, 4) is 0 Å². The number of anilines is 1. The Kier molecular flexibility index (Phi) is 6.34. The maximum absolute atomic E-state index is 12.0. The van der Waals surface area contributed by atoms with Crippen LogP contribution < -0.4 is 10.2 Å². The Morgan fingerprint density at radius 3 is 2.80 bits per heavy atom. The third kappa shape index (κ3) is 5.53. The molecule has 6 heteroatoms. The molecule has 0 radical (unpaired) electrons. The predicted octanol–water partition coefficient (Wildman–Crippen LogP) is 2.03. The number of hydrogen-bond acceptors (Lipinski definition) is 5. The first-order chi connectivity index (χ1) is 12.3. The molecule has 132 valence electrons. The van der Waals surface area contributed by atoms with E-state index in [0.29, 0.717) is 19.1 Å². The molecule has 2 aromatic rings. The minimum absolute atomic E-state index is 0.0657. The summed E-state index contributed by atoms with van der Waals surface area (Å²) in [6.07, 6.45) is 5.72. The lowest BCUT2D eigenvalue weighted by molar-refractivity contribution is -0.126. The summed E-state index contributed by atoms with van der Waals surface area (Å²) >= 11 is 0. The second-order valence-corrected chi connectivity index (χ2v) is 6.29. The molecule has 2 heterocycles. The van der Waals surface area contributed by atoms with Gasteiger partial charge >= 0.3 is 0 Å². The zero-order valence-electron chi connectivity index (χ0n) is 14.3. The number of piperidine rings is 1. The van der Waals surface area contributed by atoms with Gasteiger partial charge in [0.2, 0.25) is 11.9 Å². The minimum atomic E-state index is -0.0657. The summed E-state index contributed by atoms with van der Waals surface area (Å²) in [7, 11) is 0. The van der Waals surface area contributed by atoms with Crippen LogP contribution in [0.15, 0.2) is 48.8 Å². The summed E-state index contributed by atoms with van der Waals surface area (Å²) in [6, 6.07) is 11.7. The number of carbonyl (C=O) groups is 1. The Bertz CT molecular complexity index is 651. The number of rotatable bonds is 7. The van der Waals surface area contributed by atoms with Gasteiger partial charge < -0.3 is 15.0 Å². The van der Waals surface area contributed by atoms with Gasteiger partial charge in [-0.1, -0.05) is 30.3 Å². The van der Waals surface area contributed by atoms with Crippen molar-refractivity contribution in [1.29, 1.82) is 0 Å². The van der Waals surface area contributed by atoms with Crippen LogP contribution in [0.2, 0.25) is 0 Å². The molecule has 1 N–H and O–H groups in total. The fourth-order valence-electron chi connectivity index (χ4n) is 3.01. The SMILES string of the molecule is O=C(COCc1ccccc1)NC[C@H]1CCCN(c2ncccn2)C1. The molecule has 1 aliphatic rings. The number of aromatic nitrogens is 2. The number of carbonyl (C=O) groups excluding carboxylic acids is 1. The van der Waals surface area contributed by atoms with Crippen LogP contribution in [0.3, 0.4) is 0 Å². The van der Waals surface area contributed by atoms with Gasteiger partial charge in [-0.05, 0) is 30.4 Å². The number of nitrogens with one attached hydrogen (secondary N) is 1. The lowest BCUT2D eigenvalue weighted by atomic mass is 9.98. The molecular formula is C19H24N4O2. The average Bonchev–Trinajstić information content (AvgIpc) is 2.68. The number of nitrogens with zero attached hydrogens (tertiary/aromatic N) is 3. The van der Waals surface area contributed by atoms with Crippen LogP contribution >= 0.6 is 0 Å². The minimum Gasteiger partial charge on any atom is -0.367 e. The zero-order chi connectivity index (χ0) is 17.3. The van der Waals surface area contributed by atoms with Crippen molar-refractivity contribution < 1.29 is 9.53 Å². The highest BCUT2D eigenvalue weighted by Crippen LogP contribution is 2.19. The topological polar surface area (TPSA) is 67.3 Å². The number of hydrogen-bond donors (Lipinski definition) is 1. The molecule has 1 saturated heterocycles. The monoisotopic (exact) mass is 340 g/mol. The quantitative estimate of drug-likeness (QED) is 0.835. The predicted molar refractivity (Wildman–Crippen MR) is 96.1 cm³/mol. The van der Waals surface area contributed by atoms with E-state index in [1.54, 1.807) is 12.4 Å². The van der Waals surface area contributed by atoms with Gasteiger partial charge in [0, 0.05) is 32.0 Å². The fraction of sp³-hybridized carbons (Fsp3) is 0.421. The van der Waals surface area contributed by atoms with Gasteiger partial charge in [-0.25, -0.2) is 9.97 Å². The summed E-state index contributed by atoms with van der Waals surface area (Å²) in [4.78, 5) is 22.8. The van der Waals surface area contributed by atoms with E-state index < -0.39 is 0 Å². The summed E-state index contributed by atoms with van der Waals surface area (Å²) < 4.78 is 5.47. The molecule has 0 bridgehead atoms. The first kappa shape index (κ1) is 17.4. The smallest absolute Gasteiger partial charge is 0.246 e. The summed E-state index contributed by atoms with van der Waals surface area (Å²) in [5.74, 6) is 1.12. The molecule has 1 atom stereocenters. The van der Waals surface area contributed by atoms with E-state index >= 15 is 0 Å². The fourth-order valence-corrected chi connectivity index (χ4v) is 3.01. The first-order valence-corrected chi connectivity index (χ1v) is 8.71. The third-order valence-electron chi connectivity index (χ3n) is 4.29. The Labute approximate surface area is 148 Å². The van der Waals surface area contributed by atoms with Crippen molar-refractivity contribution in [2.45, 2.75) is 19.4 Å². The second kappa shape index (κ2) is 9.13. The van der Waals surface area contributed by atoms with Crippen LogP contribution in [0.4, 0.5) is 5.95 Å². The molecule has 0 saturated carbocycles. The van der Waals surface area contributed by atoms with Crippen molar-refractivity contribution in [2.24, 2.45) is 5.92 Å². The highest BCUT2D eigenvalue weighted by molar-refractivity contribution is 5.77. The number of ether oxygens (including phenoxy) is 1. The molecule has 1 amide bonds. The van der Waals surface area contributed by atoms with Crippen molar-refractivity contribution in [1.82, 2.24) is 15.3 Å². The molecule has 1 aromatic heterocycles. The van der Waals surface area contributed by atoms with Crippen LogP contribution in [-0.2, 0) is 16.1 Å². The van der Waals surface area contributed by atoms with E-state index in [1.807, 2.05) is 36.4 Å². The lowest BCUT2D eigenvalue weighted by Crippen LogP contribution is -2.42. The van der Waals surface area contributed by atoms with Gasteiger partial charge in [-0.3, -0.25) is 4.79 Å². The Morgan fingerprint density at radius 2 is 2.00 bits per heavy atom. The molecule has 25 heavy (non-hydrogen) atoms. The summed E-state index contributed by atoms with van der Waals surface area (Å²) in [5.41, 5.74) is 1.07. The molecule has 1 fully saturated rings. The van der Waals surface area contributed by atoms with E-state index in [-0.39, 0.29) is 12.5 Å². The van der Waals surface area contributed by atoms with Crippen molar-refractivity contribution >= 4 is 11.9 Å². The van der Waals surface area contributed by atoms with E-state index in [1.165, 1.54) is 0 Å². The van der Waals surface area contributed by atoms with Crippen molar-refractivity contribution in [3.63, 3.8) is 0 Å². The molecule has 0 spiro atoms. The molecule has 0 aliphatic carbocycles. The van der Waals surface area contributed by atoms with E-state index in [2.05, 4.69) is 20.2 Å². The molecular weight excluding hydrogens is 316 g/mol. The van der Waals surface area contributed by atoms with E-state index in [0.717, 1.165) is 37.4 Å². The van der Waals surface area contributed by atoms with Crippen LogP contribution in [0.1, 0.15) is 18.4 Å². The standard InChI is InChI=1S/C19H24N4O2/c24-18(15-25-14-16-6-2-1-3-7-16)22-12-17-8-4-11-23(13-17)19-20-9-5-10-21-19/h1-3,5-7,9-10,17H,4,8,11-15H2,(H,22,24)/t17-/m1/s1. The van der Waals surface area contributed by atoms with Gasteiger partial charge in [0.05, 0.1) is 6.61 Å². The van der Waals surface area contributed by atoms with Gasteiger partial charge in [-0.15, -0.1) is 0 Å². The lowest BCUT2D eigenvalue weighted by Gasteiger charge is -2.32. The largest absolute Gasteiger partial charge is 0.367 e. The normalized spacial score (nSPS) is 17.3. The average molecular weight is 340 g/mol. The number of benzene rings is 1. The van der Waals surface area contributed by atoms with Gasteiger partial charge in [-0.2, -0.15) is 0 Å². The Balaban J connectivity index is 1.37. The zero-order valence-corrected chi connectivity index (χ0v) is 14.3. The van der Waals surface area contributed by atoms with Gasteiger partial charge in [0.15, 0.2) is 0 Å². The van der Waals surface area contributed by atoms with Crippen molar-refractivity contribution in [3.05, 3.63) is 54.4 Å². The maximum atomic E-state index is 12.0. The van der Waals surface area contributed by atoms with Crippen LogP contribution in [0, 0.1) is 5.92 Å². The Hall–Kier alpha value is -2.47. The van der Waals surface area contributed by atoms with Crippen molar-refractivity contribution in [2.75, 3.05) is 31.1 Å². The summed E-state index contributed by atoms with van der Waals surface area (Å²) in [5, 5.41) is 2.98. The second-order valence-electron chi connectivity index (χ2n) is 6.29. The van der Waals surface area contributed by atoms with Gasteiger partial charge in [0.25, 0.3) is 0 Å². The maximum Gasteiger partial charge on any atom is 0.246 e. The Morgan fingerprint density at radius 1 is 1.20 bits per heavy atom. The number of amides is 1. The molecule has 0 unspecified atom stereocenters. The molecule has 1 aromatic carbocycles. The van der Waals surface area contributed by atoms with Gasteiger partial charge in [0.1, 0.15) is 6.61 Å². The molecule has 3 rings (SSSR count). The van der Waals surface area contributed by atoms with E-state index in [4.69, 9.17) is 4.74 Å². The highest BCUT2D eigenvalue weighted by atomic mass is 16.5.